The van der Waals surface area contributed by atoms with Crippen LogP contribution in [0.2, 0.25) is 10.0 Å². The normalized spacial score (nSPS) is 10.1. The van der Waals surface area contributed by atoms with E-state index in [1.165, 1.54) is 0 Å². The van der Waals surface area contributed by atoms with E-state index < -0.39 is 5.97 Å². The van der Waals surface area contributed by atoms with Crippen LogP contribution < -0.4 is 9.47 Å². The van der Waals surface area contributed by atoms with Crippen molar-refractivity contribution in [1.29, 1.82) is 0 Å². The number of carbonyl (C=O) groups is 1. The lowest BCUT2D eigenvalue weighted by Crippen LogP contribution is -2.07. The maximum Gasteiger partial charge on any atom is 0.339 e. The summed E-state index contributed by atoms with van der Waals surface area (Å²) in [5, 5.41) is 0.921. The summed E-state index contributed by atoms with van der Waals surface area (Å²) in [5.41, 5.74) is 1.14. The molecule has 2 rings (SSSR count). The molecule has 0 unspecified atom stereocenters. The molecule has 136 valence electrons. The zero-order valence-electron chi connectivity index (χ0n) is 13.9. The molecule has 0 aliphatic heterocycles. The largest absolute Gasteiger partial charge is 0.490 e. The minimum Gasteiger partial charge on any atom is -0.490 e. The Labute approximate surface area is 170 Å². The quantitative estimate of drug-likeness (QED) is 0.405. The summed E-state index contributed by atoms with van der Waals surface area (Å²) in [7, 11) is 0. The van der Waals surface area contributed by atoms with Crippen LogP contribution in [0.25, 0.3) is 0 Å². The van der Waals surface area contributed by atoms with E-state index in [9.17, 15) is 4.79 Å². The van der Waals surface area contributed by atoms with E-state index in [2.05, 4.69) is 21.9 Å². The summed E-state index contributed by atoms with van der Waals surface area (Å²) in [4.78, 5) is 12.0. The highest BCUT2D eigenvalue weighted by molar-refractivity contribution is 9.10. The Bertz CT molecular complexity index is 846. The second kappa shape index (κ2) is 9.72. The zero-order valence-corrected chi connectivity index (χ0v) is 17.0. The van der Waals surface area contributed by atoms with E-state index in [1.54, 1.807) is 24.3 Å². The zero-order chi connectivity index (χ0) is 19.1. The summed E-state index contributed by atoms with van der Waals surface area (Å²) < 4.78 is 16.9. The molecule has 0 aliphatic carbocycles. The number of halogens is 3. The molecule has 7 heteroatoms. The van der Waals surface area contributed by atoms with Crippen LogP contribution in [0.3, 0.4) is 0 Å². The molecule has 26 heavy (non-hydrogen) atoms. The van der Waals surface area contributed by atoms with Gasteiger partial charge in [-0.3, -0.25) is 0 Å². The Morgan fingerprint density at radius 1 is 1.19 bits per heavy atom. The molecule has 2 aromatic rings. The van der Waals surface area contributed by atoms with Gasteiger partial charge in [0.1, 0.15) is 6.61 Å². The first-order valence-corrected chi connectivity index (χ1v) is 9.14. The third-order valence-electron chi connectivity index (χ3n) is 3.20. The standard InChI is InChI=1S/C19H15BrCl2O4/c1-3-7-25-19(23)13-9-14(20)18(17(10-13)24-4-2)26-11-12-5-6-15(21)16(22)8-12/h1,5-6,8-10H,4,7,11H2,2H3. The molecule has 0 spiro atoms. The van der Waals surface area contributed by atoms with E-state index in [1.807, 2.05) is 13.0 Å². The highest BCUT2D eigenvalue weighted by Crippen LogP contribution is 2.38. The Balaban J connectivity index is 2.24. The van der Waals surface area contributed by atoms with Gasteiger partial charge in [0, 0.05) is 0 Å². The summed E-state index contributed by atoms with van der Waals surface area (Å²) >= 11 is 15.3. The lowest BCUT2D eigenvalue weighted by molar-refractivity contribution is 0.0556. The molecule has 4 nitrogen and oxygen atoms in total. The van der Waals surface area contributed by atoms with Crippen LogP contribution in [0.5, 0.6) is 11.5 Å². The van der Waals surface area contributed by atoms with Crippen molar-refractivity contribution in [2.75, 3.05) is 13.2 Å². The molecule has 0 atom stereocenters. The molecule has 0 saturated heterocycles. The van der Waals surface area contributed by atoms with Crippen molar-refractivity contribution < 1.29 is 19.0 Å². The Morgan fingerprint density at radius 3 is 2.62 bits per heavy atom. The van der Waals surface area contributed by atoms with Crippen molar-refractivity contribution in [3.8, 4) is 23.8 Å². The molecule has 0 radical (unpaired) electrons. The van der Waals surface area contributed by atoms with E-state index >= 15 is 0 Å². The Kier molecular flexibility index (Phi) is 7.65. The van der Waals surface area contributed by atoms with Gasteiger partial charge in [-0.05, 0) is 52.7 Å². The highest BCUT2D eigenvalue weighted by Gasteiger charge is 2.17. The van der Waals surface area contributed by atoms with Crippen molar-refractivity contribution in [2.24, 2.45) is 0 Å². The second-order valence-electron chi connectivity index (χ2n) is 5.04. The average molecular weight is 458 g/mol. The van der Waals surface area contributed by atoms with E-state index in [4.69, 9.17) is 43.8 Å². The molecule has 0 bridgehead atoms. The Morgan fingerprint density at radius 2 is 1.96 bits per heavy atom. The summed E-state index contributed by atoms with van der Waals surface area (Å²) in [6, 6.07) is 8.38. The van der Waals surface area contributed by atoms with Gasteiger partial charge in [0.25, 0.3) is 0 Å². The second-order valence-corrected chi connectivity index (χ2v) is 6.70. The number of hydrogen-bond donors (Lipinski definition) is 0. The van der Waals surface area contributed by atoms with Crippen LogP contribution in [0.4, 0.5) is 0 Å². The fourth-order valence-corrected chi connectivity index (χ4v) is 2.94. The van der Waals surface area contributed by atoms with Crippen LogP contribution in [0.15, 0.2) is 34.8 Å². The number of rotatable bonds is 7. The SMILES string of the molecule is C#CCOC(=O)c1cc(Br)c(OCc2ccc(Cl)c(Cl)c2)c(OCC)c1. The van der Waals surface area contributed by atoms with Gasteiger partial charge < -0.3 is 14.2 Å². The number of ether oxygens (including phenoxy) is 3. The first kappa shape index (κ1) is 20.4. The maximum absolute atomic E-state index is 12.0. The minimum atomic E-state index is -0.541. The number of hydrogen-bond acceptors (Lipinski definition) is 4. The average Bonchev–Trinajstić information content (AvgIpc) is 2.61. The van der Waals surface area contributed by atoms with Crippen LogP contribution >= 0.6 is 39.1 Å². The van der Waals surface area contributed by atoms with Gasteiger partial charge in [0.2, 0.25) is 0 Å². The third kappa shape index (κ3) is 5.31. The molecular formula is C19H15BrCl2O4. The molecule has 0 saturated carbocycles. The van der Waals surface area contributed by atoms with Crippen LogP contribution in [0, 0.1) is 12.3 Å². The van der Waals surface area contributed by atoms with Gasteiger partial charge in [-0.2, -0.15) is 0 Å². The summed E-state index contributed by atoms with van der Waals surface area (Å²) in [6.45, 7) is 2.38. The number of esters is 1. The minimum absolute atomic E-state index is 0.101. The predicted octanol–water partition coefficient (Wildman–Crippen LogP) is 5.52. The topological polar surface area (TPSA) is 44.8 Å². The number of carbonyl (C=O) groups excluding carboxylic acids is 1. The first-order valence-electron chi connectivity index (χ1n) is 7.60. The lowest BCUT2D eigenvalue weighted by Gasteiger charge is -2.15. The van der Waals surface area contributed by atoms with Crippen LogP contribution in [0.1, 0.15) is 22.8 Å². The van der Waals surface area contributed by atoms with Gasteiger partial charge >= 0.3 is 5.97 Å². The fraction of sp³-hybridized carbons (Fsp3) is 0.211. The van der Waals surface area contributed by atoms with Crippen LogP contribution in [-0.4, -0.2) is 19.2 Å². The molecule has 2 aromatic carbocycles. The maximum atomic E-state index is 12.0. The van der Waals surface area contributed by atoms with Crippen molar-refractivity contribution in [1.82, 2.24) is 0 Å². The molecule has 0 N–H and O–H groups in total. The fourth-order valence-electron chi connectivity index (χ4n) is 2.06. The van der Waals surface area contributed by atoms with Gasteiger partial charge in [-0.25, -0.2) is 4.79 Å². The molecular weight excluding hydrogens is 443 g/mol. The van der Waals surface area contributed by atoms with E-state index in [0.717, 1.165) is 5.56 Å². The number of benzene rings is 2. The molecule has 0 heterocycles. The molecule has 0 aromatic heterocycles. The highest BCUT2D eigenvalue weighted by atomic mass is 79.9. The molecule has 0 amide bonds. The molecule has 0 fully saturated rings. The lowest BCUT2D eigenvalue weighted by atomic mass is 10.2. The smallest absolute Gasteiger partial charge is 0.339 e. The van der Waals surface area contributed by atoms with Gasteiger partial charge in [0.05, 0.1) is 26.7 Å². The van der Waals surface area contributed by atoms with Crippen molar-refractivity contribution in [2.45, 2.75) is 13.5 Å². The van der Waals surface area contributed by atoms with Gasteiger partial charge in [-0.15, -0.1) is 6.42 Å². The van der Waals surface area contributed by atoms with E-state index in [0.29, 0.717) is 38.2 Å². The van der Waals surface area contributed by atoms with Gasteiger partial charge in [0.15, 0.2) is 18.1 Å². The summed E-state index contributed by atoms with van der Waals surface area (Å²) in [6.07, 6.45) is 5.10. The van der Waals surface area contributed by atoms with E-state index in [-0.39, 0.29) is 13.2 Å². The number of terminal acetylenes is 1. The monoisotopic (exact) mass is 456 g/mol. The summed E-state index contributed by atoms with van der Waals surface area (Å²) in [5.74, 6) is 2.59. The predicted molar refractivity (Wildman–Crippen MR) is 105 cm³/mol. The Hall–Kier alpha value is -1.87. The molecule has 0 aliphatic rings. The third-order valence-corrected chi connectivity index (χ3v) is 4.53. The van der Waals surface area contributed by atoms with Crippen molar-refractivity contribution >= 4 is 45.1 Å². The van der Waals surface area contributed by atoms with Crippen molar-refractivity contribution in [3.63, 3.8) is 0 Å². The van der Waals surface area contributed by atoms with Crippen molar-refractivity contribution in [3.05, 3.63) is 56.0 Å². The van der Waals surface area contributed by atoms with Crippen LogP contribution in [-0.2, 0) is 11.3 Å². The first-order chi connectivity index (χ1) is 12.5. The van der Waals surface area contributed by atoms with Gasteiger partial charge in [-0.1, -0.05) is 35.2 Å².